The zero-order chi connectivity index (χ0) is 12.3. The van der Waals surface area contributed by atoms with Crippen LogP contribution >= 0.6 is 15.9 Å². The first kappa shape index (κ1) is 13.0. The molecule has 0 aliphatic rings. The lowest BCUT2D eigenvalue weighted by molar-refractivity contribution is 0.0636. The van der Waals surface area contributed by atoms with Crippen molar-refractivity contribution in [3.8, 4) is 0 Å². The van der Waals surface area contributed by atoms with Crippen molar-refractivity contribution in [3.63, 3.8) is 0 Å². The first-order valence-corrected chi connectivity index (χ1v) is 5.69. The molecule has 1 amide bonds. The summed E-state index contributed by atoms with van der Waals surface area (Å²) in [4.78, 5) is 15.6. The Balaban J connectivity index is 2.73. The van der Waals surface area contributed by atoms with Gasteiger partial charge in [-0.3, -0.25) is 5.32 Å². The molecule has 5 heteroatoms. The maximum atomic E-state index is 11.5. The molecule has 1 rings (SSSR count). The molecule has 0 atom stereocenters. The Morgan fingerprint density at radius 3 is 2.69 bits per heavy atom. The largest absolute Gasteiger partial charge is 0.444 e. The van der Waals surface area contributed by atoms with Gasteiger partial charge in [-0.2, -0.15) is 0 Å². The number of nitrogens with zero attached hydrogens (tertiary/aromatic N) is 1. The van der Waals surface area contributed by atoms with Crippen LogP contribution in [0, 0.1) is 6.92 Å². The second-order valence-corrected chi connectivity index (χ2v) is 5.26. The van der Waals surface area contributed by atoms with Gasteiger partial charge in [-0.15, -0.1) is 0 Å². The van der Waals surface area contributed by atoms with E-state index in [0.29, 0.717) is 10.3 Å². The Hall–Kier alpha value is -1.10. The van der Waals surface area contributed by atoms with E-state index in [1.165, 1.54) is 0 Å². The summed E-state index contributed by atoms with van der Waals surface area (Å²) in [7, 11) is 0. The molecule has 0 spiro atoms. The molecule has 1 heterocycles. The van der Waals surface area contributed by atoms with Crippen LogP contribution < -0.4 is 5.32 Å². The van der Waals surface area contributed by atoms with E-state index in [-0.39, 0.29) is 0 Å². The second-order valence-electron chi connectivity index (χ2n) is 4.45. The highest BCUT2D eigenvalue weighted by Gasteiger charge is 2.16. The number of rotatable bonds is 1. The number of ether oxygens (including phenoxy) is 1. The lowest BCUT2D eigenvalue weighted by Gasteiger charge is -2.20. The van der Waals surface area contributed by atoms with Gasteiger partial charge in [0.25, 0.3) is 0 Å². The third-order valence-corrected chi connectivity index (χ3v) is 2.14. The van der Waals surface area contributed by atoms with Gasteiger partial charge in [0.15, 0.2) is 0 Å². The average Bonchev–Trinajstić information content (AvgIpc) is 2.08. The van der Waals surface area contributed by atoms with Crippen LogP contribution in [0.5, 0.6) is 0 Å². The molecule has 0 fully saturated rings. The molecule has 0 saturated carbocycles. The maximum Gasteiger partial charge on any atom is 0.412 e. The molecule has 1 aromatic rings. The number of amides is 1. The molecule has 1 N–H and O–H groups in total. The first-order valence-electron chi connectivity index (χ1n) is 4.90. The predicted molar refractivity (Wildman–Crippen MR) is 66.5 cm³/mol. The molecule has 0 aliphatic heterocycles. The first-order chi connectivity index (χ1) is 7.28. The zero-order valence-corrected chi connectivity index (χ0v) is 11.4. The molecular weight excluding hydrogens is 272 g/mol. The molecule has 4 nitrogen and oxygen atoms in total. The minimum Gasteiger partial charge on any atom is -0.444 e. The fourth-order valence-corrected chi connectivity index (χ4v) is 1.38. The molecule has 0 unspecified atom stereocenters. The minimum atomic E-state index is -0.498. The van der Waals surface area contributed by atoms with Gasteiger partial charge in [0.1, 0.15) is 10.2 Å². The summed E-state index contributed by atoms with van der Waals surface area (Å²) in [5.74, 6) is 0. The standard InChI is InChI=1S/C11H15BrN2O2/c1-7-6-13-9(12)5-8(7)14-10(15)16-11(2,3)4/h5-6H,1-4H3,(H,13,14,15). The molecule has 0 aromatic carbocycles. The summed E-state index contributed by atoms with van der Waals surface area (Å²) < 4.78 is 5.82. The Labute approximate surface area is 104 Å². The number of pyridine rings is 1. The van der Waals surface area contributed by atoms with Crippen molar-refractivity contribution in [3.05, 3.63) is 22.4 Å². The van der Waals surface area contributed by atoms with Crippen molar-refractivity contribution in [1.29, 1.82) is 0 Å². The smallest absolute Gasteiger partial charge is 0.412 e. The number of carbonyl (C=O) groups excluding carboxylic acids is 1. The van der Waals surface area contributed by atoms with Crippen LogP contribution in [-0.2, 0) is 4.74 Å². The van der Waals surface area contributed by atoms with Crippen molar-refractivity contribution in [1.82, 2.24) is 4.98 Å². The van der Waals surface area contributed by atoms with Gasteiger partial charge >= 0.3 is 6.09 Å². The van der Waals surface area contributed by atoms with Crippen molar-refractivity contribution in [2.45, 2.75) is 33.3 Å². The van der Waals surface area contributed by atoms with Gasteiger partial charge in [0.2, 0.25) is 0 Å². The monoisotopic (exact) mass is 286 g/mol. The van der Waals surface area contributed by atoms with Crippen molar-refractivity contribution in [2.75, 3.05) is 5.32 Å². The highest BCUT2D eigenvalue weighted by molar-refractivity contribution is 9.10. The van der Waals surface area contributed by atoms with Crippen LogP contribution in [-0.4, -0.2) is 16.7 Å². The van der Waals surface area contributed by atoms with Crippen LogP contribution in [0.25, 0.3) is 0 Å². The highest BCUT2D eigenvalue weighted by Crippen LogP contribution is 2.19. The number of carbonyl (C=O) groups is 1. The van der Waals surface area contributed by atoms with Crippen LogP contribution in [0.15, 0.2) is 16.9 Å². The Morgan fingerprint density at radius 2 is 2.12 bits per heavy atom. The maximum absolute atomic E-state index is 11.5. The Bertz CT molecular complexity index is 399. The SMILES string of the molecule is Cc1cnc(Br)cc1NC(=O)OC(C)(C)C. The number of anilines is 1. The minimum absolute atomic E-state index is 0.464. The molecular formula is C11H15BrN2O2. The summed E-state index contributed by atoms with van der Waals surface area (Å²) in [6.45, 7) is 7.33. The fraction of sp³-hybridized carbons (Fsp3) is 0.455. The van der Waals surface area contributed by atoms with E-state index in [2.05, 4.69) is 26.2 Å². The number of halogens is 1. The third kappa shape index (κ3) is 4.18. The van der Waals surface area contributed by atoms with E-state index in [9.17, 15) is 4.79 Å². The summed E-state index contributed by atoms with van der Waals surface area (Å²) >= 11 is 3.24. The molecule has 0 aliphatic carbocycles. The van der Waals surface area contributed by atoms with E-state index in [0.717, 1.165) is 5.56 Å². The van der Waals surface area contributed by atoms with Crippen LogP contribution in [0.2, 0.25) is 0 Å². The Kier molecular flexibility index (Phi) is 3.91. The van der Waals surface area contributed by atoms with Crippen molar-refractivity contribution < 1.29 is 9.53 Å². The third-order valence-electron chi connectivity index (χ3n) is 1.71. The zero-order valence-electron chi connectivity index (χ0n) is 9.80. The van der Waals surface area contributed by atoms with Gasteiger partial charge in [0, 0.05) is 6.20 Å². The summed E-state index contributed by atoms with van der Waals surface area (Å²) in [6.07, 6.45) is 1.21. The van der Waals surface area contributed by atoms with E-state index >= 15 is 0 Å². The number of aromatic nitrogens is 1. The van der Waals surface area contributed by atoms with Crippen LogP contribution in [0.3, 0.4) is 0 Å². The quantitative estimate of drug-likeness (QED) is 0.804. The van der Waals surface area contributed by atoms with Gasteiger partial charge < -0.3 is 4.74 Å². The van der Waals surface area contributed by atoms with Crippen molar-refractivity contribution >= 4 is 27.7 Å². The number of hydrogen-bond acceptors (Lipinski definition) is 3. The van der Waals surface area contributed by atoms with Gasteiger partial charge in [-0.05, 0) is 55.3 Å². The predicted octanol–water partition coefficient (Wildman–Crippen LogP) is 3.50. The summed E-state index contributed by atoms with van der Waals surface area (Å²) in [6, 6.07) is 1.74. The van der Waals surface area contributed by atoms with Crippen LogP contribution in [0.1, 0.15) is 26.3 Å². The molecule has 0 saturated heterocycles. The number of nitrogens with one attached hydrogen (secondary N) is 1. The normalized spacial score (nSPS) is 11.1. The summed E-state index contributed by atoms with van der Waals surface area (Å²) in [5, 5.41) is 2.68. The molecule has 88 valence electrons. The van der Waals surface area contributed by atoms with Crippen LogP contribution in [0.4, 0.5) is 10.5 Å². The molecule has 1 aromatic heterocycles. The Morgan fingerprint density at radius 1 is 1.50 bits per heavy atom. The average molecular weight is 287 g/mol. The number of hydrogen-bond donors (Lipinski definition) is 1. The lowest BCUT2D eigenvalue weighted by atomic mass is 10.2. The van der Waals surface area contributed by atoms with E-state index in [4.69, 9.17) is 4.74 Å². The molecule has 16 heavy (non-hydrogen) atoms. The fourth-order valence-electron chi connectivity index (χ4n) is 1.05. The van der Waals surface area contributed by atoms with Gasteiger partial charge in [-0.1, -0.05) is 0 Å². The number of aryl methyl sites for hydroxylation is 1. The summed E-state index contributed by atoms with van der Waals surface area (Å²) in [5.41, 5.74) is 1.08. The topological polar surface area (TPSA) is 51.2 Å². The highest BCUT2D eigenvalue weighted by atomic mass is 79.9. The van der Waals surface area contributed by atoms with Crippen molar-refractivity contribution in [2.24, 2.45) is 0 Å². The lowest BCUT2D eigenvalue weighted by Crippen LogP contribution is -2.27. The molecule has 0 bridgehead atoms. The van der Waals surface area contributed by atoms with E-state index in [1.54, 1.807) is 12.3 Å². The van der Waals surface area contributed by atoms with E-state index in [1.807, 2.05) is 27.7 Å². The van der Waals surface area contributed by atoms with Gasteiger partial charge in [0.05, 0.1) is 5.69 Å². The second kappa shape index (κ2) is 4.82. The van der Waals surface area contributed by atoms with E-state index < -0.39 is 11.7 Å². The van der Waals surface area contributed by atoms with Gasteiger partial charge in [-0.25, -0.2) is 9.78 Å². The molecule has 0 radical (unpaired) electrons.